The number of aryl methyl sites for hydroxylation is 2. The fourth-order valence-corrected chi connectivity index (χ4v) is 2.39. The van der Waals surface area contributed by atoms with Crippen molar-refractivity contribution in [1.82, 2.24) is 19.8 Å². The van der Waals surface area contributed by atoms with Crippen LogP contribution >= 0.6 is 0 Å². The molecule has 0 atom stereocenters. The van der Waals surface area contributed by atoms with Crippen LogP contribution in [0.4, 0.5) is 0 Å². The fourth-order valence-electron chi connectivity index (χ4n) is 2.39. The minimum atomic E-state index is 0.852. The van der Waals surface area contributed by atoms with E-state index in [9.17, 15) is 0 Å². The molecule has 0 unspecified atom stereocenters. The van der Waals surface area contributed by atoms with Crippen LogP contribution in [-0.2, 0) is 13.1 Å². The van der Waals surface area contributed by atoms with Crippen molar-refractivity contribution in [1.29, 1.82) is 0 Å². The Morgan fingerprint density at radius 2 is 1.27 bits per heavy atom. The Balaban J connectivity index is 2.08. The summed E-state index contributed by atoms with van der Waals surface area (Å²) in [5.41, 5.74) is 4.37. The molecule has 0 saturated carbocycles. The van der Waals surface area contributed by atoms with Gasteiger partial charge in [-0.2, -0.15) is 0 Å². The number of nitrogens with zero attached hydrogens (tertiary/aromatic N) is 4. The van der Waals surface area contributed by atoms with Crippen LogP contribution in [0, 0.1) is 13.8 Å². The third-order valence-electron chi connectivity index (χ3n) is 3.53. The van der Waals surface area contributed by atoms with E-state index in [1.54, 1.807) is 0 Å². The van der Waals surface area contributed by atoms with E-state index in [1.165, 1.54) is 0 Å². The summed E-state index contributed by atoms with van der Waals surface area (Å²) < 4.78 is 0. The van der Waals surface area contributed by atoms with Gasteiger partial charge in [0, 0.05) is 37.6 Å². The van der Waals surface area contributed by atoms with Crippen molar-refractivity contribution in [3.05, 3.63) is 59.2 Å². The molecule has 2 rings (SSSR count). The van der Waals surface area contributed by atoms with Crippen LogP contribution in [0.1, 0.15) is 22.8 Å². The Bertz CT molecular complexity index is 548. The van der Waals surface area contributed by atoms with Crippen molar-refractivity contribution < 1.29 is 0 Å². The highest BCUT2D eigenvalue weighted by atomic mass is 15.2. The molecule has 22 heavy (non-hydrogen) atoms. The Morgan fingerprint density at radius 3 is 1.68 bits per heavy atom. The molecule has 0 spiro atoms. The van der Waals surface area contributed by atoms with Gasteiger partial charge in [-0.3, -0.25) is 14.9 Å². The summed E-state index contributed by atoms with van der Waals surface area (Å²) in [6.07, 6.45) is 0. The van der Waals surface area contributed by atoms with Crippen LogP contribution in [0.3, 0.4) is 0 Å². The standard InChI is InChI=1S/C18H26N4/c1-15-7-5-9-17(19-15)13-22(12-11-21(3)4)14-18-10-6-8-16(2)20-18/h5-10H,11-14H2,1-4H3. The lowest BCUT2D eigenvalue weighted by atomic mass is 10.2. The van der Waals surface area contributed by atoms with E-state index in [-0.39, 0.29) is 0 Å². The van der Waals surface area contributed by atoms with Crippen molar-refractivity contribution in [2.24, 2.45) is 0 Å². The van der Waals surface area contributed by atoms with E-state index in [2.05, 4.69) is 58.1 Å². The van der Waals surface area contributed by atoms with E-state index in [0.29, 0.717) is 0 Å². The van der Waals surface area contributed by atoms with Gasteiger partial charge in [-0.05, 0) is 52.2 Å². The molecule has 0 amide bonds. The summed E-state index contributed by atoms with van der Waals surface area (Å²) >= 11 is 0. The summed E-state index contributed by atoms with van der Waals surface area (Å²) in [6, 6.07) is 12.4. The quantitative estimate of drug-likeness (QED) is 0.786. The Morgan fingerprint density at radius 1 is 0.773 bits per heavy atom. The minimum Gasteiger partial charge on any atom is -0.308 e. The molecule has 0 radical (unpaired) electrons. The highest BCUT2D eigenvalue weighted by Crippen LogP contribution is 2.08. The predicted molar refractivity (Wildman–Crippen MR) is 90.6 cm³/mol. The Labute approximate surface area is 133 Å². The van der Waals surface area contributed by atoms with Crippen LogP contribution in [0.5, 0.6) is 0 Å². The lowest BCUT2D eigenvalue weighted by Gasteiger charge is -2.23. The van der Waals surface area contributed by atoms with Crippen LogP contribution < -0.4 is 0 Å². The zero-order chi connectivity index (χ0) is 15.9. The van der Waals surface area contributed by atoms with Gasteiger partial charge in [0.05, 0.1) is 11.4 Å². The Hall–Kier alpha value is -1.78. The van der Waals surface area contributed by atoms with Crippen molar-refractivity contribution in [2.45, 2.75) is 26.9 Å². The molecule has 0 aliphatic heterocycles. The van der Waals surface area contributed by atoms with Gasteiger partial charge in [-0.15, -0.1) is 0 Å². The second-order valence-corrected chi connectivity index (χ2v) is 6.05. The van der Waals surface area contributed by atoms with Gasteiger partial charge in [0.1, 0.15) is 0 Å². The molecule has 118 valence electrons. The lowest BCUT2D eigenvalue weighted by Crippen LogP contribution is -2.31. The molecule has 0 aliphatic carbocycles. The third-order valence-corrected chi connectivity index (χ3v) is 3.53. The number of pyridine rings is 2. The number of rotatable bonds is 7. The summed E-state index contributed by atoms with van der Waals surface area (Å²) in [6.45, 7) is 7.80. The number of hydrogen-bond donors (Lipinski definition) is 0. The number of likely N-dealkylation sites (N-methyl/N-ethyl adjacent to an activating group) is 1. The molecule has 0 saturated heterocycles. The summed E-state index contributed by atoms with van der Waals surface area (Å²) in [4.78, 5) is 13.9. The first-order valence-corrected chi connectivity index (χ1v) is 7.75. The summed E-state index contributed by atoms with van der Waals surface area (Å²) in [5.74, 6) is 0. The molecular weight excluding hydrogens is 272 g/mol. The van der Waals surface area contributed by atoms with Gasteiger partial charge >= 0.3 is 0 Å². The van der Waals surface area contributed by atoms with Gasteiger partial charge in [0.2, 0.25) is 0 Å². The number of hydrogen-bond acceptors (Lipinski definition) is 4. The van der Waals surface area contributed by atoms with E-state index < -0.39 is 0 Å². The molecule has 4 heteroatoms. The van der Waals surface area contributed by atoms with Crippen molar-refractivity contribution in [2.75, 3.05) is 27.2 Å². The molecule has 2 heterocycles. The highest BCUT2D eigenvalue weighted by molar-refractivity contribution is 5.12. The fraction of sp³-hybridized carbons (Fsp3) is 0.444. The van der Waals surface area contributed by atoms with Crippen molar-refractivity contribution in [3.63, 3.8) is 0 Å². The molecule has 0 fully saturated rings. The Kier molecular flexibility index (Phi) is 6.04. The molecule has 0 aromatic carbocycles. The maximum atomic E-state index is 4.62. The molecule has 4 nitrogen and oxygen atoms in total. The molecule has 2 aromatic heterocycles. The zero-order valence-electron chi connectivity index (χ0n) is 14.1. The summed E-state index contributed by atoms with van der Waals surface area (Å²) in [5, 5.41) is 0. The molecule has 0 bridgehead atoms. The predicted octanol–water partition coefficient (Wildman–Crippen LogP) is 2.66. The third kappa shape index (κ3) is 5.54. The monoisotopic (exact) mass is 298 g/mol. The van der Waals surface area contributed by atoms with Crippen molar-refractivity contribution >= 4 is 0 Å². The van der Waals surface area contributed by atoms with Crippen LogP contribution in [0.15, 0.2) is 36.4 Å². The van der Waals surface area contributed by atoms with E-state index in [0.717, 1.165) is 49.0 Å². The van der Waals surface area contributed by atoms with Gasteiger partial charge < -0.3 is 4.90 Å². The average Bonchev–Trinajstić information content (AvgIpc) is 2.45. The maximum absolute atomic E-state index is 4.62. The summed E-state index contributed by atoms with van der Waals surface area (Å²) in [7, 11) is 4.21. The van der Waals surface area contributed by atoms with Gasteiger partial charge in [-0.1, -0.05) is 12.1 Å². The largest absolute Gasteiger partial charge is 0.308 e. The van der Waals surface area contributed by atoms with E-state index >= 15 is 0 Å². The maximum Gasteiger partial charge on any atom is 0.0547 e. The zero-order valence-corrected chi connectivity index (χ0v) is 14.1. The first-order valence-electron chi connectivity index (χ1n) is 7.75. The molecule has 0 N–H and O–H groups in total. The molecular formula is C18H26N4. The SMILES string of the molecule is Cc1cccc(CN(CCN(C)C)Cc2cccc(C)n2)n1. The molecule has 2 aromatic rings. The van der Waals surface area contributed by atoms with E-state index in [4.69, 9.17) is 0 Å². The minimum absolute atomic E-state index is 0.852. The lowest BCUT2D eigenvalue weighted by molar-refractivity contribution is 0.221. The van der Waals surface area contributed by atoms with Crippen LogP contribution in [0.25, 0.3) is 0 Å². The van der Waals surface area contributed by atoms with Crippen LogP contribution in [0.2, 0.25) is 0 Å². The topological polar surface area (TPSA) is 32.3 Å². The first kappa shape index (κ1) is 16.6. The van der Waals surface area contributed by atoms with Gasteiger partial charge in [0.15, 0.2) is 0 Å². The smallest absolute Gasteiger partial charge is 0.0547 e. The second kappa shape index (κ2) is 8.01. The molecule has 0 aliphatic rings. The number of aromatic nitrogens is 2. The van der Waals surface area contributed by atoms with Gasteiger partial charge in [0.25, 0.3) is 0 Å². The first-order chi connectivity index (χ1) is 10.5. The van der Waals surface area contributed by atoms with E-state index in [1.807, 2.05) is 26.0 Å². The average molecular weight is 298 g/mol. The van der Waals surface area contributed by atoms with Gasteiger partial charge in [-0.25, -0.2) is 0 Å². The van der Waals surface area contributed by atoms with Crippen LogP contribution in [-0.4, -0.2) is 47.0 Å². The highest BCUT2D eigenvalue weighted by Gasteiger charge is 2.10. The normalized spacial score (nSPS) is 11.4. The second-order valence-electron chi connectivity index (χ2n) is 6.05. The van der Waals surface area contributed by atoms with Crippen molar-refractivity contribution in [3.8, 4) is 0 Å².